The summed E-state index contributed by atoms with van der Waals surface area (Å²) in [5.41, 5.74) is 6.08. The maximum absolute atomic E-state index is 11.5. The van der Waals surface area contributed by atoms with Crippen molar-refractivity contribution in [2.75, 3.05) is 0 Å². The van der Waals surface area contributed by atoms with Crippen LogP contribution in [0, 0.1) is 11.5 Å². The summed E-state index contributed by atoms with van der Waals surface area (Å²) < 4.78 is 0. The van der Waals surface area contributed by atoms with Crippen LogP contribution >= 0.6 is 0 Å². The first kappa shape index (κ1) is 12.3. The molecule has 0 radical (unpaired) electrons. The normalized spacial score (nSPS) is 14.3. The number of rotatable bonds is 3. The highest BCUT2D eigenvalue weighted by Gasteiger charge is 2.14. The zero-order valence-corrected chi connectivity index (χ0v) is 11.2. The zero-order chi connectivity index (χ0) is 11.5. The summed E-state index contributed by atoms with van der Waals surface area (Å²) >= 11 is 0. The van der Waals surface area contributed by atoms with E-state index in [1.54, 1.807) is 5.57 Å². The molecule has 82 valence electrons. The lowest BCUT2D eigenvalue weighted by molar-refractivity contribution is -0.113. The molecule has 1 rings (SSSR count). The number of hydrogen-bond donors (Lipinski definition) is 0. The monoisotopic (exact) mass is 220 g/mol. The Balaban J connectivity index is 2.36. The molecule has 2 heteroatoms. The third-order valence-electron chi connectivity index (χ3n) is 2.41. The predicted octanol–water partition coefficient (Wildman–Crippen LogP) is 3.33. The van der Waals surface area contributed by atoms with Crippen molar-refractivity contribution in [1.82, 2.24) is 0 Å². The molecule has 0 aromatic heterocycles. The van der Waals surface area contributed by atoms with Gasteiger partial charge in [0, 0.05) is 6.42 Å². The highest BCUT2D eigenvalue weighted by atomic mass is 28.3. The minimum atomic E-state index is -1.38. The first-order valence-electron chi connectivity index (χ1n) is 5.62. The van der Waals surface area contributed by atoms with E-state index in [0.29, 0.717) is 6.42 Å². The molecule has 0 saturated heterocycles. The van der Waals surface area contributed by atoms with Crippen molar-refractivity contribution >= 4 is 13.9 Å². The van der Waals surface area contributed by atoms with E-state index in [1.165, 1.54) is 18.4 Å². The summed E-state index contributed by atoms with van der Waals surface area (Å²) in [4.78, 5) is 11.5. The standard InChI is InChI=1S/C13H20OSi/c1-11(12-6-7-12)5-8-13(14)9-10-15(2,3)4/h5-8H2,1-4H3. The fourth-order valence-electron chi connectivity index (χ4n) is 1.29. The molecule has 1 saturated carbocycles. The summed E-state index contributed by atoms with van der Waals surface area (Å²) in [6.45, 7) is 8.61. The largest absolute Gasteiger partial charge is 0.285 e. The van der Waals surface area contributed by atoms with Gasteiger partial charge < -0.3 is 0 Å². The Hall–Kier alpha value is -0.813. The molecule has 1 aliphatic rings. The third kappa shape index (κ3) is 5.59. The van der Waals surface area contributed by atoms with E-state index in [0.717, 1.165) is 6.42 Å². The highest BCUT2D eigenvalue weighted by Crippen LogP contribution is 2.32. The number of hydrogen-bond acceptors (Lipinski definition) is 1. The van der Waals surface area contributed by atoms with Crippen molar-refractivity contribution < 1.29 is 4.79 Å². The molecule has 0 atom stereocenters. The van der Waals surface area contributed by atoms with E-state index in [9.17, 15) is 4.79 Å². The molecular formula is C13H20OSi. The van der Waals surface area contributed by atoms with Gasteiger partial charge in [-0.1, -0.05) is 30.8 Å². The second-order valence-electron chi connectivity index (χ2n) is 5.31. The third-order valence-corrected chi connectivity index (χ3v) is 3.28. The molecular weight excluding hydrogens is 200 g/mol. The number of carbonyl (C=O) groups excluding carboxylic acids is 1. The SMILES string of the molecule is CC(CCC(=O)C#C[Si](C)(C)C)=C1CC1. The van der Waals surface area contributed by atoms with Gasteiger partial charge in [-0.05, 0) is 32.1 Å². The molecule has 15 heavy (non-hydrogen) atoms. The molecule has 0 heterocycles. The second kappa shape index (κ2) is 4.81. The van der Waals surface area contributed by atoms with Crippen molar-refractivity contribution in [3.8, 4) is 11.5 Å². The van der Waals surface area contributed by atoms with Gasteiger partial charge >= 0.3 is 0 Å². The van der Waals surface area contributed by atoms with Gasteiger partial charge in [-0.2, -0.15) is 0 Å². The molecule has 0 aromatic rings. The molecule has 0 spiro atoms. The van der Waals surface area contributed by atoms with Gasteiger partial charge in [0.25, 0.3) is 0 Å². The van der Waals surface area contributed by atoms with Crippen LogP contribution in [0.1, 0.15) is 32.6 Å². The Morgan fingerprint density at radius 1 is 1.27 bits per heavy atom. The van der Waals surface area contributed by atoms with E-state index in [4.69, 9.17) is 0 Å². The van der Waals surface area contributed by atoms with Crippen LogP contribution in [-0.2, 0) is 4.79 Å². The van der Waals surface area contributed by atoms with E-state index in [-0.39, 0.29) is 5.78 Å². The maximum atomic E-state index is 11.5. The van der Waals surface area contributed by atoms with E-state index >= 15 is 0 Å². The summed E-state index contributed by atoms with van der Waals surface area (Å²) in [6.07, 6.45) is 4.02. The van der Waals surface area contributed by atoms with Crippen molar-refractivity contribution in [1.29, 1.82) is 0 Å². The van der Waals surface area contributed by atoms with Gasteiger partial charge in [0.2, 0.25) is 5.78 Å². The fourth-order valence-corrected chi connectivity index (χ4v) is 1.80. The smallest absolute Gasteiger partial charge is 0.205 e. The summed E-state index contributed by atoms with van der Waals surface area (Å²) in [5, 5.41) is 0. The second-order valence-corrected chi connectivity index (χ2v) is 10.1. The first-order chi connectivity index (χ1) is 6.88. The van der Waals surface area contributed by atoms with Crippen LogP contribution in [0.3, 0.4) is 0 Å². The van der Waals surface area contributed by atoms with Gasteiger partial charge in [0.1, 0.15) is 8.07 Å². The Kier molecular flexibility index (Phi) is 3.93. The van der Waals surface area contributed by atoms with Crippen molar-refractivity contribution in [2.45, 2.75) is 52.2 Å². The van der Waals surface area contributed by atoms with Crippen LogP contribution < -0.4 is 0 Å². The molecule has 0 aromatic carbocycles. The summed E-state index contributed by atoms with van der Waals surface area (Å²) in [7, 11) is -1.38. The quantitative estimate of drug-likeness (QED) is 0.405. The topological polar surface area (TPSA) is 17.1 Å². The minimum Gasteiger partial charge on any atom is -0.285 e. The van der Waals surface area contributed by atoms with Gasteiger partial charge in [-0.3, -0.25) is 4.79 Å². The van der Waals surface area contributed by atoms with E-state index in [2.05, 4.69) is 38.0 Å². The first-order valence-corrected chi connectivity index (χ1v) is 9.12. The maximum Gasteiger partial charge on any atom is 0.205 e. The average molecular weight is 220 g/mol. The molecule has 1 aliphatic carbocycles. The number of Topliss-reactive ketones (excluding diaryl/α,β-unsaturated/α-hetero) is 1. The number of ketones is 1. The fraction of sp³-hybridized carbons (Fsp3) is 0.615. The Morgan fingerprint density at radius 3 is 2.33 bits per heavy atom. The molecule has 0 aliphatic heterocycles. The highest BCUT2D eigenvalue weighted by molar-refractivity contribution is 6.84. The predicted molar refractivity (Wildman–Crippen MR) is 67.3 cm³/mol. The van der Waals surface area contributed by atoms with Crippen LogP contribution in [0.25, 0.3) is 0 Å². The summed E-state index contributed by atoms with van der Waals surface area (Å²) in [5.74, 6) is 2.90. The Labute approximate surface area is 94.0 Å². The van der Waals surface area contributed by atoms with E-state index in [1.807, 2.05) is 0 Å². The van der Waals surface area contributed by atoms with Gasteiger partial charge in [-0.15, -0.1) is 5.54 Å². The van der Waals surface area contributed by atoms with E-state index < -0.39 is 8.07 Å². The van der Waals surface area contributed by atoms with Crippen molar-refractivity contribution in [3.63, 3.8) is 0 Å². The van der Waals surface area contributed by atoms with Crippen LogP contribution in [0.2, 0.25) is 19.6 Å². The van der Waals surface area contributed by atoms with Crippen LogP contribution in [0.5, 0.6) is 0 Å². The number of allylic oxidation sites excluding steroid dienone is 2. The zero-order valence-electron chi connectivity index (χ0n) is 10.2. The molecule has 1 fully saturated rings. The Morgan fingerprint density at radius 2 is 1.87 bits per heavy atom. The lowest BCUT2D eigenvalue weighted by Crippen LogP contribution is -2.17. The van der Waals surface area contributed by atoms with Gasteiger partial charge in [-0.25, -0.2) is 0 Å². The Bertz CT molecular complexity index is 341. The van der Waals surface area contributed by atoms with Crippen molar-refractivity contribution in [2.24, 2.45) is 0 Å². The summed E-state index contributed by atoms with van der Waals surface area (Å²) in [6, 6.07) is 0. The van der Waals surface area contributed by atoms with Crippen LogP contribution in [-0.4, -0.2) is 13.9 Å². The minimum absolute atomic E-state index is 0.109. The van der Waals surface area contributed by atoms with Gasteiger partial charge in [0.15, 0.2) is 0 Å². The van der Waals surface area contributed by atoms with Crippen LogP contribution in [0.4, 0.5) is 0 Å². The average Bonchev–Trinajstić information content (AvgIpc) is 2.92. The number of carbonyl (C=O) groups is 1. The molecule has 0 N–H and O–H groups in total. The van der Waals surface area contributed by atoms with Gasteiger partial charge in [0.05, 0.1) is 0 Å². The van der Waals surface area contributed by atoms with Crippen molar-refractivity contribution in [3.05, 3.63) is 11.1 Å². The van der Waals surface area contributed by atoms with Crippen LogP contribution in [0.15, 0.2) is 11.1 Å². The lowest BCUT2D eigenvalue weighted by Gasteiger charge is -2.03. The molecule has 0 unspecified atom stereocenters. The molecule has 0 amide bonds. The lowest BCUT2D eigenvalue weighted by atomic mass is 10.1. The molecule has 1 nitrogen and oxygen atoms in total. The molecule has 0 bridgehead atoms.